The fraction of sp³-hybridized carbons (Fsp3) is 0.500. The molecule has 1 amide bonds. The molecule has 8 nitrogen and oxygen atoms in total. The molecule has 0 saturated heterocycles. The third-order valence-corrected chi connectivity index (χ3v) is 5.22. The van der Waals surface area contributed by atoms with Gasteiger partial charge in [0.05, 0.1) is 29.0 Å². The van der Waals surface area contributed by atoms with Gasteiger partial charge in [0.2, 0.25) is 5.91 Å². The number of rotatable bonds is 10. The first-order chi connectivity index (χ1) is 15.1. The van der Waals surface area contributed by atoms with Gasteiger partial charge in [-0.15, -0.1) is 0 Å². The van der Waals surface area contributed by atoms with E-state index in [1.54, 1.807) is 19.2 Å². The number of unbranched alkanes of at least 4 members (excludes halogenated alkanes) is 1. The number of halogens is 3. The standard InChI is InChI=1S/C20H24F3N3O5S/c1-4-7-8-15(27)25-19(20(21,22)23,17(29)31-6-3)26-18-24-13-10-9-12(11-14(13)32-18)16(28)30-5-2/h9-11H,4-8H2,1-3H3,(H,24,26)(H,25,27)/t19-/m0/s1. The van der Waals surface area contributed by atoms with E-state index in [0.717, 1.165) is 11.3 Å². The molecule has 1 heterocycles. The van der Waals surface area contributed by atoms with Crippen LogP contribution in [0.3, 0.4) is 0 Å². The molecule has 0 unspecified atom stereocenters. The van der Waals surface area contributed by atoms with Crippen LogP contribution in [-0.2, 0) is 19.1 Å². The number of thiazole rings is 1. The Morgan fingerprint density at radius 2 is 1.78 bits per heavy atom. The molecule has 1 atom stereocenters. The minimum Gasteiger partial charge on any atom is -0.463 e. The predicted molar refractivity (Wildman–Crippen MR) is 112 cm³/mol. The molecule has 0 spiro atoms. The molecule has 2 rings (SSSR count). The van der Waals surface area contributed by atoms with Crippen LogP contribution >= 0.6 is 11.3 Å². The number of carbonyl (C=O) groups excluding carboxylic acids is 3. The van der Waals surface area contributed by atoms with Crippen LogP contribution in [0.25, 0.3) is 10.2 Å². The third kappa shape index (κ3) is 5.67. The van der Waals surface area contributed by atoms with E-state index in [9.17, 15) is 27.6 Å². The molecule has 32 heavy (non-hydrogen) atoms. The summed E-state index contributed by atoms with van der Waals surface area (Å²) in [6.45, 7) is 4.61. The van der Waals surface area contributed by atoms with Gasteiger partial charge >= 0.3 is 23.8 Å². The average Bonchev–Trinajstić information content (AvgIpc) is 3.12. The number of hydrogen-bond acceptors (Lipinski definition) is 8. The number of ether oxygens (including phenoxy) is 2. The van der Waals surface area contributed by atoms with Crippen LogP contribution < -0.4 is 10.6 Å². The molecule has 12 heteroatoms. The first-order valence-corrected chi connectivity index (χ1v) is 10.8. The van der Waals surface area contributed by atoms with E-state index in [1.807, 2.05) is 5.32 Å². The number of benzene rings is 1. The lowest BCUT2D eigenvalue weighted by atomic mass is 10.1. The first kappa shape index (κ1) is 25.4. The topological polar surface area (TPSA) is 107 Å². The van der Waals surface area contributed by atoms with E-state index >= 15 is 0 Å². The van der Waals surface area contributed by atoms with Gasteiger partial charge in [-0.3, -0.25) is 4.79 Å². The first-order valence-electron chi connectivity index (χ1n) is 9.98. The Bertz CT molecular complexity index is 979. The van der Waals surface area contributed by atoms with Crippen molar-refractivity contribution in [2.45, 2.75) is 51.9 Å². The number of amides is 1. The van der Waals surface area contributed by atoms with E-state index in [1.165, 1.54) is 25.1 Å². The van der Waals surface area contributed by atoms with Crippen LogP contribution in [0.15, 0.2) is 18.2 Å². The van der Waals surface area contributed by atoms with Crippen LogP contribution in [0.5, 0.6) is 0 Å². The predicted octanol–water partition coefficient (Wildman–Crippen LogP) is 4.01. The van der Waals surface area contributed by atoms with E-state index < -0.39 is 29.7 Å². The minimum atomic E-state index is -5.24. The molecule has 1 aromatic carbocycles. The van der Waals surface area contributed by atoms with Crippen LogP contribution in [0.2, 0.25) is 0 Å². The van der Waals surface area contributed by atoms with Crippen LogP contribution in [0.4, 0.5) is 18.3 Å². The molecular weight excluding hydrogens is 451 g/mol. The summed E-state index contributed by atoms with van der Waals surface area (Å²) in [7, 11) is 0. The van der Waals surface area contributed by atoms with Gasteiger partial charge < -0.3 is 20.1 Å². The molecule has 176 valence electrons. The molecule has 0 aliphatic rings. The van der Waals surface area contributed by atoms with Crippen molar-refractivity contribution in [3.8, 4) is 0 Å². The highest BCUT2D eigenvalue weighted by atomic mass is 32.1. The van der Waals surface area contributed by atoms with Crippen molar-refractivity contribution in [3.05, 3.63) is 23.8 Å². The van der Waals surface area contributed by atoms with Crippen molar-refractivity contribution in [2.75, 3.05) is 18.5 Å². The maximum atomic E-state index is 14.2. The number of alkyl halides is 3. The number of nitrogens with zero attached hydrogens (tertiary/aromatic N) is 1. The van der Waals surface area contributed by atoms with Gasteiger partial charge in [0.25, 0.3) is 0 Å². The highest BCUT2D eigenvalue weighted by molar-refractivity contribution is 7.22. The van der Waals surface area contributed by atoms with Gasteiger partial charge in [-0.05, 0) is 38.5 Å². The smallest absolute Gasteiger partial charge is 0.442 e. The Labute approximate surface area is 186 Å². The lowest BCUT2D eigenvalue weighted by molar-refractivity contribution is -0.207. The third-order valence-electron chi connectivity index (χ3n) is 4.29. The van der Waals surface area contributed by atoms with E-state index in [4.69, 9.17) is 4.74 Å². The lowest BCUT2D eigenvalue weighted by Gasteiger charge is -2.34. The highest BCUT2D eigenvalue weighted by Crippen LogP contribution is 2.36. The van der Waals surface area contributed by atoms with Crippen LogP contribution in [-0.4, -0.2) is 47.9 Å². The number of fused-ring (bicyclic) bond motifs is 1. The Morgan fingerprint density at radius 1 is 1.09 bits per heavy atom. The summed E-state index contributed by atoms with van der Waals surface area (Å²) in [6, 6.07) is 4.30. The van der Waals surface area contributed by atoms with Gasteiger partial charge in [-0.1, -0.05) is 24.7 Å². The average molecular weight is 475 g/mol. The van der Waals surface area contributed by atoms with Crippen molar-refractivity contribution < 1.29 is 37.0 Å². The SMILES string of the molecule is CCCCC(=O)N[C@](Nc1nc2ccc(C(=O)OCC)cc2s1)(C(=O)OCC)C(F)(F)F. The minimum absolute atomic E-state index is 0.164. The summed E-state index contributed by atoms with van der Waals surface area (Å²) in [5.74, 6) is -3.25. The van der Waals surface area contributed by atoms with Crippen molar-refractivity contribution in [1.82, 2.24) is 10.3 Å². The molecule has 0 bridgehead atoms. The number of aromatic nitrogens is 1. The fourth-order valence-electron chi connectivity index (χ4n) is 2.72. The Kier molecular flexibility index (Phi) is 8.42. The second kappa shape index (κ2) is 10.6. The number of carbonyl (C=O) groups is 3. The molecule has 0 radical (unpaired) electrons. The number of anilines is 1. The number of nitrogens with one attached hydrogen (secondary N) is 2. The molecule has 1 aromatic heterocycles. The molecule has 2 N–H and O–H groups in total. The summed E-state index contributed by atoms with van der Waals surface area (Å²) < 4.78 is 52.4. The van der Waals surface area contributed by atoms with Crippen molar-refractivity contribution in [1.29, 1.82) is 0 Å². The van der Waals surface area contributed by atoms with Crippen LogP contribution in [0, 0.1) is 0 Å². The van der Waals surface area contributed by atoms with Crippen molar-refractivity contribution >= 4 is 44.5 Å². The van der Waals surface area contributed by atoms with Crippen molar-refractivity contribution in [3.63, 3.8) is 0 Å². The number of hydrogen-bond donors (Lipinski definition) is 2. The molecule has 0 aliphatic heterocycles. The van der Waals surface area contributed by atoms with E-state index in [0.29, 0.717) is 23.1 Å². The van der Waals surface area contributed by atoms with Gasteiger partial charge in [0.1, 0.15) is 0 Å². The largest absolute Gasteiger partial charge is 0.463 e. The Morgan fingerprint density at radius 3 is 2.38 bits per heavy atom. The summed E-state index contributed by atoms with van der Waals surface area (Å²) in [5, 5.41) is 3.53. The maximum Gasteiger partial charge on any atom is 0.442 e. The Hall–Kier alpha value is -2.89. The summed E-state index contributed by atoms with van der Waals surface area (Å²) >= 11 is 0.781. The molecule has 0 saturated carbocycles. The molecule has 0 fully saturated rings. The van der Waals surface area contributed by atoms with Gasteiger partial charge in [-0.2, -0.15) is 13.2 Å². The zero-order valence-electron chi connectivity index (χ0n) is 17.8. The zero-order valence-corrected chi connectivity index (χ0v) is 18.6. The Balaban J connectivity index is 2.47. The van der Waals surface area contributed by atoms with Gasteiger partial charge in [0, 0.05) is 6.42 Å². The van der Waals surface area contributed by atoms with Crippen LogP contribution in [0.1, 0.15) is 50.4 Å². The molecule has 0 aliphatic carbocycles. The summed E-state index contributed by atoms with van der Waals surface area (Å²) in [4.78, 5) is 40.6. The quantitative estimate of drug-likeness (QED) is 0.395. The fourth-order valence-corrected chi connectivity index (χ4v) is 3.68. The van der Waals surface area contributed by atoms with E-state index in [-0.39, 0.29) is 30.3 Å². The lowest BCUT2D eigenvalue weighted by Crippen LogP contribution is -2.69. The summed E-state index contributed by atoms with van der Waals surface area (Å²) in [6.07, 6.45) is -4.51. The molecular formula is C20H24F3N3O5S. The highest BCUT2D eigenvalue weighted by Gasteiger charge is 2.64. The maximum absolute atomic E-state index is 14.2. The second-order valence-electron chi connectivity index (χ2n) is 6.67. The van der Waals surface area contributed by atoms with Gasteiger partial charge in [-0.25, -0.2) is 14.6 Å². The van der Waals surface area contributed by atoms with E-state index in [2.05, 4.69) is 9.72 Å². The normalized spacial score (nSPS) is 13.3. The van der Waals surface area contributed by atoms with Crippen molar-refractivity contribution in [2.24, 2.45) is 0 Å². The second-order valence-corrected chi connectivity index (χ2v) is 7.70. The molecule has 2 aromatic rings. The monoisotopic (exact) mass is 475 g/mol. The summed E-state index contributed by atoms with van der Waals surface area (Å²) in [5.41, 5.74) is -3.02. The number of esters is 2. The zero-order chi connectivity index (χ0) is 23.9. The van der Waals surface area contributed by atoms with Gasteiger partial charge in [0.15, 0.2) is 5.13 Å².